The van der Waals surface area contributed by atoms with E-state index in [-0.39, 0.29) is 11.7 Å². The number of rotatable bonds is 2. The van der Waals surface area contributed by atoms with Gasteiger partial charge in [-0.15, -0.1) is 5.10 Å². The van der Waals surface area contributed by atoms with E-state index in [1.807, 2.05) is 0 Å². The molecule has 88 valence electrons. The molecule has 0 atom stereocenters. The minimum atomic E-state index is -0.339. The Balaban J connectivity index is 2.17. The predicted octanol–water partition coefficient (Wildman–Crippen LogP) is 1.51. The van der Waals surface area contributed by atoms with Gasteiger partial charge in [-0.3, -0.25) is 9.48 Å². The van der Waals surface area contributed by atoms with Gasteiger partial charge in [0.05, 0.1) is 6.20 Å². The SMILES string of the molecule is Cc1cc(C(=O)Nc2cn(C)nn2)ccc1F. The number of nitrogens with zero attached hydrogens (tertiary/aromatic N) is 3. The Morgan fingerprint density at radius 1 is 1.47 bits per heavy atom. The molecule has 1 heterocycles. The summed E-state index contributed by atoms with van der Waals surface area (Å²) in [5.41, 5.74) is 0.811. The van der Waals surface area contributed by atoms with Crippen molar-refractivity contribution in [1.29, 1.82) is 0 Å². The first-order valence-electron chi connectivity index (χ1n) is 5.00. The molecular formula is C11H11FN4O. The van der Waals surface area contributed by atoms with Crippen LogP contribution in [-0.4, -0.2) is 20.9 Å². The van der Waals surface area contributed by atoms with Crippen LogP contribution in [0.25, 0.3) is 0 Å². The van der Waals surface area contributed by atoms with Gasteiger partial charge in [0.1, 0.15) is 5.82 Å². The normalized spacial score (nSPS) is 10.3. The Bertz CT molecular complexity index is 564. The largest absolute Gasteiger partial charge is 0.304 e. The van der Waals surface area contributed by atoms with E-state index in [1.54, 1.807) is 20.2 Å². The Morgan fingerprint density at radius 3 is 2.82 bits per heavy atom. The zero-order valence-corrected chi connectivity index (χ0v) is 9.44. The van der Waals surface area contributed by atoms with E-state index in [0.717, 1.165) is 0 Å². The van der Waals surface area contributed by atoms with Crippen molar-refractivity contribution in [1.82, 2.24) is 15.0 Å². The number of carbonyl (C=O) groups excluding carboxylic acids is 1. The fourth-order valence-corrected chi connectivity index (χ4v) is 1.38. The summed E-state index contributed by atoms with van der Waals surface area (Å²) in [6, 6.07) is 4.18. The van der Waals surface area contributed by atoms with Gasteiger partial charge in [0.15, 0.2) is 5.82 Å². The van der Waals surface area contributed by atoms with Gasteiger partial charge in [-0.25, -0.2) is 4.39 Å². The molecule has 6 heteroatoms. The van der Waals surface area contributed by atoms with Gasteiger partial charge in [-0.1, -0.05) is 5.21 Å². The quantitative estimate of drug-likeness (QED) is 0.856. The molecule has 0 aliphatic rings. The van der Waals surface area contributed by atoms with E-state index in [0.29, 0.717) is 16.9 Å². The molecule has 1 amide bonds. The first-order chi connectivity index (χ1) is 8.06. The van der Waals surface area contributed by atoms with Crippen LogP contribution in [0.15, 0.2) is 24.4 Å². The molecule has 5 nitrogen and oxygen atoms in total. The van der Waals surface area contributed by atoms with Crippen LogP contribution in [0, 0.1) is 12.7 Å². The number of aromatic nitrogens is 3. The maximum atomic E-state index is 13.0. The third-order valence-corrected chi connectivity index (χ3v) is 2.26. The van der Waals surface area contributed by atoms with Crippen molar-refractivity contribution < 1.29 is 9.18 Å². The van der Waals surface area contributed by atoms with Gasteiger partial charge in [0.2, 0.25) is 0 Å². The van der Waals surface area contributed by atoms with Gasteiger partial charge >= 0.3 is 0 Å². The second kappa shape index (κ2) is 4.32. The number of halogens is 1. The van der Waals surface area contributed by atoms with Crippen molar-refractivity contribution in [3.63, 3.8) is 0 Å². The summed E-state index contributed by atoms with van der Waals surface area (Å²) in [7, 11) is 1.70. The van der Waals surface area contributed by atoms with Crippen molar-refractivity contribution in [2.24, 2.45) is 7.05 Å². The minimum absolute atomic E-state index is 0.332. The highest BCUT2D eigenvalue weighted by Gasteiger charge is 2.09. The highest BCUT2D eigenvalue weighted by Crippen LogP contribution is 2.11. The first-order valence-corrected chi connectivity index (χ1v) is 5.00. The number of amides is 1. The van der Waals surface area contributed by atoms with Gasteiger partial charge in [0, 0.05) is 12.6 Å². The van der Waals surface area contributed by atoms with E-state index < -0.39 is 0 Å². The fraction of sp³-hybridized carbons (Fsp3) is 0.182. The molecule has 17 heavy (non-hydrogen) atoms. The molecule has 2 rings (SSSR count). The average Bonchev–Trinajstić information content (AvgIpc) is 2.68. The van der Waals surface area contributed by atoms with Crippen molar-refractivity contribution in [3.05, 3.63) is 41.3 Å². The van der Waals surface area contributed by atoms with Crippen LogP contribution in [0.3, 0.4) is 0 Å². The summed E-state index contributed by atoms with van der Waals surface area (Å²) in [5, 5.41) is 9.99. The summed E-state index contributed by atoms with van der Waals surface area (Å²) in [4.78, 5) is 11.8. The lowest BCUT2D eigenvalue weighted by Crippen LogP contribution is -2.12. The maximum Gasteiger partial charge on any atom is 0.256 e. The highest BCUT2D eigenvalue weighted by atomic mass is 19.1. The standard InChI is InChI=1S/C11H11FN4O/c1-7-5-8(3-4-9(7)12)11(17)13-10-6-16(2)15-14-10/h3-6H,1-2H3,(H,13,17). The summed E-state index contributed by atoms with van der Waals surface area (Å²) < 4.78 is 14.5. The molecule has 1 aromatic carbocycles. The Kier molecular flexibility index (Phi) is 2.86. The van der Waals surface area contributed by atoms with Crippen LogP contribution in [-0.2, 0) is 7.05 Å². The summed E-state index contributed by atoms with van der Waals surface area (Å²) in [6.07, 6.45) is 1.58. The lowest BCUT2D eigenvalue weighted by atomic mass is 10.1. The first kappa shape index (κ1) is 11.3. The molecule has 0 aliphatic carbocycles. The van der Waals surface area contributed by atoms with E-state index >= 15 is 0 Å². The van der Waals surface area contributed by atoms with Gasteiger partial charge < -0.3 is 5.32 Å². The molecule has 0 bridgehead atoms. The van der Waals surface area contributed by atoms with Crippen molar-refractivity contribution >= 4 is 11.7 Å². The summed E-state index contributed by atoms with van der Waals surface area (Å²) in [6.45, 7) is 1.61. The topological polar surface area (TPSA) is 59.8 Å². The number of nitrogens with one attached hydrogen (secondary N) is 1. The molecule has 0 radical (unpaired) electrons. The van der Waals surface area contributed by atoms with Crippen LogP contribution in [0.5, 0.6) is 0 Å². The lowest BCUT2D eigenvalue weighted by molar-refractivity contribution is 0.102. The van der Waals surface area contributed by atoms with Crippen LogP contribution in [0.1, 0.15) is 15.9 Å². The summed E-state index contributed by atoms with van der Waals surface area (Å²) in [5.74, 6) is -0.311. The van der Waals surface area contributed by atoms with Crippen molar-refractivity contribution in [2.45, 2.75) is 6.92 Å². The smallest absolute Gasteiger partial charge is 0.256 e. The van der Waals surface area contributed by atoms with Crippen LogP contribution in [0.2, 0.25) is 0 Å². The summed E-state index contributed by atoms with van der Waals surface area (Å²) >= 11 is 0. The number of hydrogen-bond donors (Lipinski definition) is 1. The van der Waals surface area contributed by atoms with Crippen molar-refractivity contribution in [3.8, 4) is 0 Å². The average molecular weight is 234 g/mol. The number of carbonyl (C=O) groups is 1. The molecular weight excluding hydrogens is 223 g/mol. The molecule has 0 saturated carbocycles. The molecule has 2 aromatic rings. The van der Waals surface area contributed by atoms with E-state index in [9.17, 15) is 9.18 Å². The zero-order chi connectivity index (χ0) is 12.4. The number of aryl methyl sites for hydroxylation is 2. The highest BCUT2D eigenvalue weighted by molar-refractivity contribution is 6.03. The lowest BCUT2D eigenvalue weighted by Gasteiger charge is -2.03. The van der Waals surface area contributed by atoms with Gasteiger partial charge in [-0.05, 0) is 30.7 Å². The van der Waals surface area contributed by atoms with Crippen LogP contribution < -0.4 is 5.32 Å². The van der Waals surface area contributed by atoms with Crippen LogP contribution >= 0.6 is 0 Å². The fourth-order valence-electron chi connectivity index (χ4n) is 1.38. The zero-order valence-electron chi connectivity index (χ0n) is 9.44. The molecule has 0 spiro atoms. The predicted molar refractivity (Wildman–Crippen MR) is 60.1 cm³/mol. The third-order valence-electron chi connectivity index (χ3n) is 2.26. The van der Waals surface area contributed by atoms with Gasteiger partial charge in [-0.2, -0.15) is 0 Å². The molecule has 0 aliphatic heterocycles. The Morgan fingerprint density at radius 2 is 2.24 bits per heavy atom. The third kappa shape index (κ3) is 2.47. The number of benzene rings is 1. The Labute approximate surface area is 97.3 Å². The number of anilines is 1. The molecule has 0 unspecified atom stereocenters. The molecule has 0 saturated heterocycles. The van der Waals surface area contributed by atoms with Crippen LogP contribution in [0.4, 0.5) is 10.2 Å². The molecule has 0 fully saturated rings. The van der Waals surface area contributed by atoms with E-state index in [2.05, 4.69) is 15.6 Å². The Hall–Kier alpha value is -2.24. The molecule has 1 N–H and O–H groups in total. The van der Waals surface area contributed by atoms with Gasteiger partial charge in [0.25, 0.3) is 5.91 Å². The second-order valence-corrected chi connectivity index (χ2v) is 3.70. The van der Waals surface area contributed by atoms with E-state index in [4.69, 9.17) is 0 Å². The monoisotopic (exact) mass is 234 g/mol. The van der Waals surface area contributed by atoms with E-state index in [1.165, 1.54) is 22.9 Å². The number of hydrogen-bond acceptors (Lipinski definition) is 3. The minimum Gasteiger partial charge on any atom is -0.304 e. The molecule has 1 aromatic heterocycles. The van der Waals surface area contributed by atoms with Crippen molar-refractivity contribution in [2.75, 3.05) is 5.32 Å². The maximum absolute atomic E-state index is 13.0. The second-order valence-electron chi connectivity index (χ2n) is 3.70.